The molecule has 1 atom stereocenters. The van der Waals surface area contributed by atoms with Gasteiger partial charge in [-0.15, -0.1) is 0 Å². The Morgan fingerprint density at radius 3 is 2.33 bits per heavy atom. The molecular weight excluding hydrogens is 515 g/mol. The summed E-state index contributed by atoms with van der Waals surface area (Å²) in [5, 5.41) is 0. The van der Waals surface area contributed by atoms with E-state index in [0.29, 0.717) is 30.3 Å². The molecule has 9 nitrogen and oxygen atoms in total. The summed E-state index contributed by atoms with van der Waals surface area (Å²) in [7, 11) is 0. The quantitative estimate of drug-likeness (QED) is 0.418. The molecule has 2 saturated heterocycles. The number of likely N-dealkylation sites (tertiary alicyclic amines) is 1. The van der Waals surface area contributed by atoms with Gasteiger partial charge in [-0.05, 0) is 76.1 Å². The Bertz CT molecular complexity index is 1410. The molecule has 0 radical (unpaired) electrons. The van der Waals surface area contributed by atoms with Crippen LogP contribution in [0.4, 0.5) is 14.9 Å². The maximum absolute atomic E-state index is 13.4. The van der Waals surface area contributed by atoms with E-state index in [0.717, 1.165) is 31.6 Å². The Balaban J connectivity index is 1.25. The minimum Gasteiger partial charge on any atom is -0.457 e. The number of carbonyl (C=O) groups is 2. The Morgan fingerprint density at radius 1 is 0.950 bits per heavy atom. The molecular formula is C30H33FN4O5. The minimum atomic E-state index is -0.652. The number of carbonyl (C=O) groups excluding carboxylic acids is 2. The molecule has 2 fully saturated rings. The predicted molar refractivity (Wildman–Crippen MR) is 147 cm³/mol. The number of hydrogen-bond donors (Lipinski definition) is 1. The molecule has 0 saturated carbocycles. The van der Waals surface area contributed by atoms with Gasteiger partial charge in [-0.3, -0.25) is 4.79 Å². The summed E-state index contributed by atoms with van der Waals surface area (Å²) in [6.45, 7) is 8.39. The van der Waals surface area contributed by atoms with Crippen molar-refractivity contribution in [2.24, 2.45) is 11.1 Å². The topological polar surface area (TPSA) is 107 Å². The fourth-order valence-electron chi connectivity index (χ4n) is 5.13. The lowest BCUT2D eigenvalue weighted by atomic mass is 9.86. The van der Waals surface area contributed by atoms with E-state index >= 15 is 0 Å². The summed E-state index contributed by atoms with van der Waals surface area (Å²) in [5.41, 5.74) is 6.06. The molecule has 2 aliphatic rings. The lowest BCUT2D eigenvalue weighted by Gasteiger charge is -2.27. The van der Waals surface area contributed by atoms with Gasteiger partial charge in [-0.25, -0.2) is 14.2 Å². The van der Waals surface area contributed by atoms with Gasteiger partial charge in [-0.2, -0.15) is 0 Å². The third kappa shape index (κ3) is 6.27. The number of pyridine rings is 1. The van der Waals surface area contributed by atoms with Crippen molar-refractivity contribution in [1.82, 2.24) is 9.88 Å². The first-order valence-corrected chi connectivity index (χ1v) is 13.2. The zero-order valence-corrected chi connectivity index (χ0v) is 22.9. The van der Waals surface area contributed by atoms with E-state index in [2.05, 4.69) is 9.88 Å². The summed E-state index contributed by atoms with van der Waals surface area (Å²) < 4.78 is 30.5. The van der Waals surface area contributed by atoms with Gasteiger partial charge in [0.15, 0.2) is 0 Å². The third-order valence-corrected chi connectivity index (χ3v) is 7.07. The number of ether oxygens (including phenoxy) is 3. The van der Waals surface area contributed by atoms with Gasteiger partial charge in [0.05, 0.1) is 11.9 Å². The van der Waals surface area contributed by atoms with Gasteiger partial charge in [0.2, 0.25) is 5.88 Å². The molecule has 40 heavy (non-hydrogen) atoms. The number of amides is 2. The van der Waals surface area contributed by atoms with E-state index in [1.54, 1.807) is 53.6 Å². The van der Waals surface area contributed by atoms with Gasteiger partial charge < -0.3 is 29.7 Å². The predicted octanol–water partition coefficient (Wildman–Crippen LogP) is 5.74. The monoisotopic (exact) mass is 548 g/mol. The minimum absolute atomic E-state index is 0.0334. The van der Waals surface area contributed by atoms with Crippen molar-refractivity contribution < 1.29 is 28.2 Å². The molecule has 0 bridgehead atoms. The Morgan fingerprint density at radius 2 is 1.65 bits per heavy atom. The standard InChI is InChI=1S/C30H33FN4O5/c1-29(2,3)40-28(37)35-14-12-30(19-35)11-13-34(18-30)21-16-25(26(32)36)27(33-17-21)39-23-9-7-22(8-10-23)38-24-6-4-5-20(31)15-24/h4-10,15-17H,11-14,18-19H2,1-3H3,(H2,32,36). The first-order valence-electron chi connectivity index (χ1n) is 13.2. The zero-order chi connectivity index (χ0) is 28.5. The molecule has 2 aromatic carbocycles. The van der Waals surface area contributed by atoms with Crippen LogP contribution in [0.2, 0.25) is 0 Å². The second-order valence-electron chi connectivity index (χ2n) is 11.4. The van der Waals surface area contributed by atoms with Crippen molar-refractivity contribution in [3.63, 3.8) is 0 Å². The van der Waals surface area contributed by atoms with Crippen LogP contribution in [0.3, 0.4) is 0 Å². The van der Waals surface area contributed by atoms with Crippen LogP contribution in [0.25, 0.3) is 0 Å². The summed E-state index contributed by atoms with van der Waals surface area (Å²) in [4.78, 5) is 33.3. The van der Waals surface area contributed by atoms with Crippen molar-refractivity contribution in [2.45, 2.75) is 39.2 Å². The number of aromatic nitrogens is 1. The third-order valence-electron chi connectivity index (χ3n) is 7.07. The van der Waals surface area contributed by atoms with Gasteiger partial charge in [-0.1, -0.05) is 6.07 Å². The van der Waals surface area contributed by atoms with Crippen molar-refractivity contribution in [3.05, 3.63) is 72.2 Å². The van der Waals surface area contributed by atoms with E-state index in [4.69, 9.17) is 19.9 Å². The first-order chi connectivity index (χ1) is 19.0. The Hall–Kier alpha value is -4.34. The molecule has 2 amide bonds. The highest BCUT2D eigenvalue weighted by Crippen LogP contribution is 2.42. The molecule has 2 aliphatic heterocycles. The summed E-state index contributed by atoms with van der Waals surface area (Å²) in [6, 6.07) is 14.2. The number of halogens is 1. The number of hydrogen-bond acceptors (Lipinski definition) is 7. The lowest BCUT2D eigenvalue weighted by Crippen LogP contribution is -2.37. The normalized spacial score (nSPS) is 18.7. The highest BCUT2D eigenvalue weighted by molar-refractivity contribution is 5.96. The molecule has 1 unspecified atom stereocenters. The van der Waals surface area contributed by atoms with Crippen molar-refractivity contribution in [1.29, 1.82) is 0 Å². The van der Waals surface area contributed by atoms with E-state index in [9.17, 15) is 14.0 Å². The van der Waals surface area contributed by atoms with E-state index < -0.39 is 11.5 Å². The second kappa shape index (κ2) is 10.7. The van der Waals surface area contributed by atoms with Crippen LogP contribution >= 0.6 is 0 Å². The number of anilines is 1. The molecule has 0 aliphatic carbocycles. The van der Waals surface area contributed by atoms with Crippen molar-refractivity contribution >= 4 is 17.7 Å². The van der Waals surface area contributed by atoms with Gasteiger partial charge in [0, 0.05) is 37.7 Å². The van der Waals surface area contributed by atoms with Crippen LogP contribution in [-0.2, 0) is 4.74 Å². The van der Waals surface area contributed by atoms with Crippen LogP contribution in [0, 0.1) is 11.2 Å². The van der Waals surface area contributed by atoms with Gasteiger partial charge in [0.1, 0.15) is 34.2 Å². The van der Waals surface area contributed by atoms with Gasteiger partial charge >= 0.3 is 6.09 Å². The molecule has 1 spiro atoms. The Labute approximate surface area is 232 Å². The molecule has 1 aromatic heterocycles. The van der Waals surface area contributed by atoms with Crippen LogP contribution in [0.15, 0.2) is 60.8 Å². The second-order valence-corrected chi connectivity index (χ2v) is 11.4. The molecule has 3 aromatic rings. The molecule has 210 valence electrons. The number of rotatable bonds is 6. The van der Waals surface area contributed by atoms with Crippen LogP contribution in [0.5, 0.6) is 23.1 Å². The van der Waals surface area contributed by atoms with Gasteiger partial charge in [0.25, 0.3) is 5.91 Å². The van der Waals surface area contributed by atoms with Crippen LogP contribution in [-0.4, -0.2) is 53.7 Å². The smallest absolute Gasteiger partial charge is 0.410 e. The average Bonchev–Trinajstić information content (AvgIpc) is 3.51. The maximum Gasteiger partial charge on any atom is 0.410 e. The number of nitrogens with zero attached hydrogens (tertiary/aromatic N) is 3. The molecule has 3 heterocycles. The van der Waals surface area contributed by atoms with E-state index in [1.807, 2.05) is 20.8 Å². The van der Waals surface area contributed by atoms with E-state index in [-0.39, 0.29) is 28.8 Å². The average molecular weight is 549 g/mol. The summed E-state index contributed by atoms with van der Waals surface area (Å²) in [5.74, 6) is 0.364. The zero-order valence-electron chi connectivity index (χ0n) is 22.9. The lowest BCUT2D eigenvalue weighted by molar-refractivity contribution is 0.0276. The maximum atomic E-state index is 13.4. The highest BCUT2D eigenvalue weighted by atomic mass is 19.1. The number of nitrogens with two attached hydrogens (primary N) is 1. The number of benzene rings is 2. The largest absolute Gasteiger partial charge is 0.457 e. The SMILES string of the molecule is CC(C)(C)OC(=O)N1CCC2(CCN(c3cnc(Oc4ccc(Oc5cccc(F)c5)cc4)c(C(N)=O)c3)C2)C1. The van der Waals surface area contributed by atoms with Crippen LogP contribution < -0.4 is 20.1 Å². The number of primary amides is 1. The fraction of sp³-hybridized carbons (Fsp3) is 0.367. The summed E-state index contributed by atoms with van der Waals surface area (Å²) >= 11 is 0. The molecule has 10 heteroatoms. The summed E-state index contributed by atoms with van der Waals surface area (Å²) in [6.07, 6.45) is 3.19. The van der Waals surface area contributed by atoms with Crippen molar-refractivity contribution in [3.8, 4) is 23.1 Å². The molecule has 5 rings (SSSR count). The Kier molecular flexibility index (Phi) is 7.27. The molecule has 2 N–H and O–H groups in total. The highest BCUT2D eigenvalue weighted by Gasteiger charge is 2.45. The van der Waals surface area contributed by atoms with E-state index in [1.165, 1.54) is 12.1 Å². The first kappa shape index (κ1) is 27.2. The van der Waals surface area contributed by atoms with Crippen molar-refractivity contribution in [2.75, 3.05) is 31.1 Å². The van der Waals surface area contributed by atoms with Crippen LogP contribution in [0.1, 0.15) is 44.0 Å². The fourth-order valence-corrected chi connectivity index (χ4v) is 5.13.